The van der Waals surface area contributed by atoms with Crippen LogP contribution >= 0.6 is 0 Å². The average molecular weight is 155 g/mol. The van der Waals surface area contributed by atoms with Crippen LogP contribution in [0.5, 0.6) is 5.75 Å². The van der Waals surface area contributed by atoms with E-state index >= 15 is 0 Å². The van der Waals surface area contributed by atoms with E-state index in [-0.39, 0.29) is 12.3 Å². The van der Waals surface area contributed by atoms with Gasteiger partial charge in [-0.25, -0.2) is 0 Å². The van der Waals surface area contributed by atoms with E-state index in [0.717, 1.165) is 0 Å². The topological polar surface area (TPSA) is 56.4 Å². The summed E-state index contributed by atoms with van der Waals surface area (Å²) in [6, 6.07) is 3.03. The highest BCUT2D eigenvalue weighted by Gasteiger charge is 2.03. The van der Waals surface area contributed by atoms with E-state index < -0.39 is 0 Å². The van der Waals surface area contributed by atoms with Crippen LogP contribution in [0.2, 0.25) is 0 Å². The number of hydrogen-bond donors (Lipinski definition) is 1. The summed E-state index contributed by atoms with van der Waals surface area (Å²) in [5, 5.41) is 19.5. The third-order valence-corrected chi connectivity index (χ3v) is 1.36. The molecule has 11 heavy (non-hydrogen) atoms. The summed E-state index contributed by atoms with van der Waals surface area (Å²) in [5.41, 5.74) is 0.282. The molecule has 60 valence electrons. The fourth-order valence-corrected chi connectivity index (χ4v) is 0.755. The summed E-state index contributed by atoms with van der Waals surface area (Å²) in [4.78, 5) is 0. The number of ether oxygens (including phenoxy) is 1. The molecule has 0 aliphatic rings. The minimum atomic E-state index is -0.277. The minimum absolute atomic E-state index is 0.277. The first-order valence-electron chi connectivity index (χ1n) is 3.15. The number of aromatic nitrogens is 1. The van der Waals surface area contributed by atoms with Gasteiger partial charge in [-0.3, -0.25) is 0 Å². The average Bonchev–Trinajstić information content (AvgIpc) is 2.05. The highest BCUT2D eigenvalue weighted by Crippen LogP contribution is 2.07. The van der Waals surface area contributed by atoms with Crippen LogP contribution in [0, 0.1) is 5.21 Å². The fraction of sp³-hybridized carbons (Fsp3) is 0.286. The molecule has 0 unspecified atom stereocenters. The molecule has 0 aliphatic carbocycles. The van der Waals surface area contributed by atoms with Crippen molar-refractivity contribution in [3.8, 4) is 5.75 Å². The molecule has 4 heteroatoms. The molecule has 1 heterocycles. The van der Waals surface area contributed by atoms with Crippen LogP contribution in [-0.2, 0) is 6.61 Å². The Morgan fingerprint density at radius 2 is 2.45 bits per heavy atom. The van der Waals surface area contributed by atoms with E-state index in [9.17, 15) is 5.21 Å². The molecular weight excluding hydrogens is 146 g/mol. The first-order chi connectivity index (χ1) is 5.27. The highest BCUT2D eigenvalue weighted by molar-refractivity contribution is 5.18. The van der Waals surface area contributed by atoms with Crippen LogP contribution in [0.4, 0.5) is 0 Å². The molecule has 0 spiro atoms. The van der Waals surface area contributed by atoms with Crippen molar-refractivity contribution in [1.29, 1.82) is 0 Å². The lowest BCUT2D eigenvalue weighted by Gasteiger charge is -2.03. The van der Waals surface area contributed by atoms with Gasteiger partial charge < -0.3 is 15.1 Å². The SMILES string of the molecule is COc1cc[n+]([O-])c(CO)c1. The second-order valence-electron chi connectivity index (χ2n) is 2.04. The van der Waals surface area contributed by atoms with Gasteiger partial charge in [-0.15, -0.1) is 0 Å². The summed E-state index contributed by atoms with van der Waals surface area (Å²) in [6.45, 7) is -0.277. The van der Waals surface area contributed by atoms with Gasteiger partial charge in [0.05, 0.1) is 13.2 Å². The van der Waals surface area contributed by atoms with Crippen molar-refractivity contribution >= 4 is 0 Å². The zero-order valence-corrected chi connectivity index (χ0v) is 6.15. The maximum Gasteiger partial charge on any atom is 0.221 e. The molecular formula is C7H9NO3. The van der Waals surface area contributed by atoms with Crippen molar-refractivity contribution in [2.24, 2.45) is 0 Å². The maximum absolute atomic E-state index is 10.8. The van der Waals surface area contributed by atoms with Gasteiger partial charge in [0.25, 0.3) is 0 Å². The Balaban J connectivity index is 3.02. The minimum Gasteiger partial charge on any atom is -0.618 e. The van der Waals surface area contributed by atoms with E-state index in [1.807, 2.05) is 0 Å². The van der Waals surface area contributed by atoms with Crippen LogP contribution in [0.1, 0.15) is 5.69 Å². The van der Waals surface area contributed by atoms with Gasteiger partial charge in [0.2, 0.25) is 5.69 Å². The smallest absolute Gasteiger partial charge is 0.221 e. The predicted octanol–water partition coefficient (Wildman–Crippen LogP) is -0.179. The number of pyridine rings is 1. The molecule has 1 N–H and O–H groups in total. The zero-order valence-electron chi connectivity index (χ0n) is 6.15. The number of rotatable bonds is 2. The van der Waals surface area contributed by atoms with Crippen LogP contribution in [-0.4, -0.2) is 12.2 Å². The van der Waals surface area contributed by atoms with E-state index in [4.69, 9.17) is 9.84 Å². The molecule has 1 aromatic heterocycles. The first kappa shape index (κ1) is 7.81. The third-order valence-electron chi connectivity index (χ3n) is 1.36. The van der Waals surface area contributed by atoms with Gasteiger partial charge in [0.1, 0.15) is 12.4 Å². The normalized spacial score (nSPS) is 9.64. The highest BCUT2D eigenvalue weighted by atomic mass is 16.5. The Kier molecular flexibility index (Phi) is 2.28. The molecule has 0 radical (unpaired) electrons. The van der Waals surface area contributed by atoms with Gasteiger partial charge in [-0.1, -0.05) is 0 Å². The van der Waals surface area contributed by atoms with E-state index in [2.05, 4.69) is 0 Å². The maximum atomic E-state index is 10.8. The Hall–Kier alpha value is -1.29. The number of nitrogens with zero attached hydrogens (tertiary/aromatic N) is 1. The number of hydrogen-bond acceptors (Lipinski definition) is 3. The lowest BCUT2D eigenvalue weighted by Crippen LogP contribution is -2.30. The summed E-state index contributed by atoms with van der Waals surface area (Å²) in [7, 11) is 1.51. The molecule has 0 amide bonds. The predicted molar refractivity (Wildman–Crippen MR) is 37.9 cm³/mol. The third kappa shape index (κ3) is 1.59. The van der Waals surface area contributed by atoms with Crippen molar-refractivity contribution < 1.29 is 14.6 Å². The first-order valence-corrected chi connectivity index (χ1v) is 3.15. The Labute approximate surface area is 64.2 Å². The van der Waals surface area contributed by atoms with Crippen LogP contribution in [0.25, 0.3) is 0 Å². The van der Waals surface area contributed by atoms with Gasteiger partial charge in [-0.2, -0.15) is 4.73 Å². The van der Waals surface area contributed by atoms with Crippen molar-refractivity contribution in [3.63, 3.8) is 0 Å². The molecule has 0 saturated heterocycles. The quantitative estimate of drug-likeness (QED) is 0.476. The molecule has 0 bridgehead atoms. The Morgan fingerprint density at radius 3 is 3.00 bits per heavy atom. The molecule has 0 aromatic carbocycles. The second-order valence-corrected chi connectivity index (χ2v) is 2.04. The van der Waals surface area contributed by atoms with Crippen molar-refractivity contribution in [2.75, 3.05) is 7.11 Å². The van der Waals surface area contributed by atoms with Gasteiger partial charge in [0.15, 0.2) is 6.20 Å². The van der Waals surface area contributed by atoms with Crippen LogP contribution in [0.3, 0.4) is 0 Å². The number of methoxy groups -OCH3 is 1. The lowest BCUT2D eigenvalue weighted by molar-refractivity contribution is -0.616. The van der Waals surface area contributed by atoms with E-state index in [0.29, 0.717) is 10.5 Å². The van der Waals surface area contributed by atoms with Crippen LogP contribution in [0.15, 0.2) is 18.3 Å². The lowest BCUT2D eigenvalue weighted by atomic mass is 10.3. The molecule has 0 fully saturated rings. The fourth-order valence-electron chi connectivity index (χ4n) is 0.755. The Morgan fingerprint density at radius 1 is 1.73 bits per heavy atom. The molecule has 4 nitrogen and oxygen atoms in total. The molecule has 0 saturated carbocycles. The standard InChI is InChI=1S/C7H9NO3/c1-11-7-2-3-8(10)6(4-7)5-9/h2-4,9H,5H2,1H3. The van der Waals surface area contributed by atoms with Crippen LogP contribution < -0.4 is 9.47 Å². The summed E-state index contributed by atoms with van der Waals surface area (Å²) >= 11 is 0. The zero-order chi connectivity index (χ0) is 8.27. The van der Waals surface area contributed by atoms with Gasteiger partial charge in [0, 0.05) is 6.07 Å². The molecule has 0 aliphatic heterocycles. The molecule has 0 atom stereocenters. The number of aliphatic hydroxyl groups excluding tert-OH is 1. The summed E-state index contributed by atoms with van der Waals surface area (Å²) < 4.78 is 5.45. The largest absolute Gasteiger partial charge is 0.618 e. The molecule has 1 aromatic rings. The monoisotopic (exact) mass is 155 g/mol. The van der Waals surface area contributed by atoms with Crippen molar-refractivity contribution in [2.45, 2.75) is 6.61 Å². The summed E-state index contributed by atoms with van der Waals surface area (Å²) in [6.07, 6.45) is 1.30. The van der Waals surface area contributed by atoms with Crippen molar-refractivity contribution in [3.05, 3.63) is 29.2 Å². The van der Waals surface area contributed by atoms with Crippen molar-refractivity contribution in [1.82, 2.24) is 0 Å². The Bertz CT molecular complexity index is 249. The summed E-state index contributed by atoms with van der Waals surface area (Å²) in [5.74, 6) is 0.571. The van der Waals surface area contributed by atoms with E-state index in [1.54, 1.807) is 0 Å². The molecule has 1 rings (SSSR count). The van der Waals surface area contributed by atoms with Gasteiger partial charge in [-0.05, 0) is 0 Å². The second kappa shape index (κ2) is 3.21. The van der Waals surface area contributed by atoms with E-state index in [1.165, 1.54) is 25.4 Å². The van der Waals surface area contributed by atoms with Gasteiger partial charge >= 0.3 is 0 Å². The number of aliphatic hydroxyl groups is 1.